The van der Waals surface area contributed by atoms with E-state index in [1.807, 2.05) is 0 Å². The third-order valence-corrected chi connectivity index (χ3v) is 2.57. The summed E-state index contributed by atoms with van der Waals surface area (Å²) in [4.78, 5) is 0. The van der Waals surface area contributed by atoms with Gasteiger partial charge in [-0.3, -0.25) is 0 Å². The fourth-order valence-electron chi connectivity index (χ4n) is 1.65. The first-order valence-corrected chi connectivity index (χ1v) is 5.84. The number of hydrogen-bond acceptors (Lipinski definition) is 1. The van der Waals surface area contributed by atoms with Gasteiger partial charge < -0.3 is 9.88 Å². The SMILES string of the molecule is Cn1cccc1CCCCNC(C)(C)C. The fraction of sp³-hybridized carbons (Fsp3) is 0.692. The van der Waals surface area contributed by atoms with Crippen LogP contribution in [0.25, 0.3) is 0 Å². The van der Waals surface area contributed by atoms with Crippen molar-refractivity contribution in [1.82, 2.24) is 9.88 Å². The van der Waals surface area contributed by atoms with Crippen LogP contribution in [0.5, 0.6) is 0 Å². The van der Waals surface area contributed by atoms with Crippen molar-refractivity contribution >= 4 is 0 Å². The molecule has 1 heterocycles. The Kier molecular flexibility index (Phi) is 4.40. The zero-order valence-electron chi connectivity index (χ0n) is 10.5. The maximum absolute atomic E-state index is 3.51. The van der Waals surface area contributed by atoms with Gasteiger partial charge in [0, 0.05) is 24.5 Å². The van der Waals surface area contributed by atoms with Crippen LogP contribution in [-0.4, -0.2) is 16.7 Å². The van der Waals surface area contributed by atoms with Gasteiger partial charge in [-0.25, -0.2) is 0 Å². The molecule has 15 heavy (non-hydrogen) atoms. The summed E-state index contributed by atoms with van der Waals surface area (Å²) >= 11 is 0. The summed E-state index contributed by atoms with van der Waals surface area (Å²) in [5, 5.41) is 3.51. The average molecular weight is 208 g/mol. The van der Waals surface area contributed by atoms with Gasteiger partial charge in [0.1, 0.15) is 0 Å². The van der Waals surface area contributed by atoms with E-state index in [4.69, 9.17) is 0 Å². The molecule has 0 aliphatic heterocycles. The Morgan fingerprint density at radius 1 is 1.27 bits per heavy atom. The number of aryl methyl sites for hydroxylation is 2. The molecule has 1 rings (SSSR count). The summed E-state index contributed by atoms with van der Waals surface area (Å²) in [7, 11) is 2.11. The average Bonchev–Trinajstić information content (AvgIpc) is 2.49. The molecule has 0 atom stereocenters. The van der Waals surface area contributed by atoms with E-state index < -0.39 is 0 Å². The lowest BCUT2D eigenvalue weighted by atomic mass is 10.1. The highest BCUT2D eigenvalue weighted by Crippen LogP contribution is 2.05. The van der Waals surface area contributed by atoms with Crippen molar-refractivity contribution in [2.24, 2.45) is 7.05 Å². The van der Waals surface area contributed by atoms with E-state index in [9.17, 15) is 0 Å². The Hall–Kier alpha value is -0.760. The molecule has 1 N–H and O–H groups in total. The second-order valence-corrected chi connectivity index (χ2v) is 5.24. The summed E-state index contributed by atoms with van der Waals surface area (Å²) in [6, 6.07) is 4.32. The Morgan fingerprint density at radius 3 is 2.53 bits per heavy atom. The summed E-state index contributed by atoms with van der Waals surface area (Å²) in [6.07, 6.45) is 5.82. The molecule has 86 valence electrons. The molecule has 1 aromatic rings. The Labute approximate surface area is 93.7 Å². The van der Waals surface area contributed by atoms with E-state index in [0.717, 1.165) is 6.54 Å². The van der Waals surface area contributed by atoms with E-state index in [-0.39, 0.29) is 5.54 Å². The van der Waals surface area contributed by atoms with Gasteiger partial charge in [0.05, 0.1) is 0 Å². The molecule has 0 amide bonds. The molecular formula is C13H24N2. The van der Waals surface area contributed by atoms with E-state index in [2.05, 4.69) is 56.0 Å². The van der Waals surface area contributed by atoms with E-state index in [0.29, 0.717) is 0 Å². The standard InChI is InChI=1S/C13H24N2/c1-13(2,3)14-10-6-5-8-12-9-7-11-15(12)4/h7,9,11,14H,5-6,8,10H2,1-4H3. The van der Waals surface area contributed by atoms with Crippen molar-refractivity contribution in [2.75, 3.05) is 6.54 Å². The largest absolute Gasteiger partial charge is 0.354 e. The molecule has 0 aliphatic carbocycles. The fourth-order valence-corrected chi connectivity index (χ4v) is 1.65. The molecule has 0 aliphatic rings. The highest BCUT2D eigenvalue weighted by molar-refractivity contribution is 5.06. The van der Waals surface area contributed by atoms with Crippen LogP contribution >= 0.6 is 0 Å². The predicted octanol–water partition coefficient (Wildman–Crippen LogP) is 2.74. The van der Waals surface area contributed by atoms with Crippen molar-refractivity contribution in [3.05, 3.63) is 24.0 Å². The highest BCUT2D eigenvalue weighted by atomic mass is 14.9. The van der Waals surface area contributed by atoms with Crippen molar-refractivity contribution in [3.8, 4) is 0 Å². The lowest BCUT2D eigenvalue weighted by Crippen LogP contribution is -2.36. The number of rotatable bonds is 5. The monoisotopic (exact) mass is 208 g/mol. The smallest absolute Gasteiger partial charge is 0.0171 e. The number of unbranched alkanes of at least 4 members (excludes halogenated alkanes) is 1. The van der Waals surface area contributed by atoms with Gasteiger partial charge in [-0.15, -0.1) is 0 Å². The summed E-state index contributed by atoms with van der Waals surface area (Å²) in [6.45, 7) is 7.76. The molecular weight excluding hydrogens is 184 g/mol. The molecule has 0 spiro atoms. The van der Waals surface area contributed by atoms with Crippen LogP contribution < -0.4 is 5.32 Å². The van der Waals surface area contributed by atoms with Crippen LogP contribution in [-0.2, 0) is 13.5 Å². The molecule has 2 heteroatoms. The van der Waals surface area contributed by atoms with Crippen molar-refractivity contribution in [2.45, 2.75) is 45.6 Å². The van der Waals surface area contributed by atoms with Gasteiger partial charge >= 0.3 is 0 Å². The minimum absolute atomic E-state index is 0.255. The van der Waals surface area contributed by atoms with Gasteiger partial charge in [-0.1, -0.05) is 0 Å². The predicted molar refractivity (Wildman–Crippen MR) is 66.1 cm³/mol. The minimum Gasteiger partial charge on any atom is -0.354 e. The summed E-state index contributed by atoms with van der Waals surface area (Å²) in [5.41, 5.74) is 1.69. The maximum atomic E-state index is 3.51. The zero-order valence-corrected chi connectivity index (χ0v) is 10.5. The van der Waals surface area contributed by atoms with Crippen LogP contribution in [0.1, 0.15) is 39.3 Å². The second kappa shape index (κ2) is 5.36. The first-order chi connectivity index (χ1) is 6.99. The molecule has 0 saturated carbocycles. The van der Waals surface area contributed by atoms with Crippen LogP contribution in [0.15, 0.2) is 18.3 Å². The summed E-state index contributed by atoms with van der Waals surface area (Å²) in [5.74, 6) is 0. The van der Waals surface area contributed by atoms with Crippen molar-refractivity contribution in [1.29, 1.82) is 0 Å². The molecule has 0 aromatic carbocycles. The van der Waals surface area contributed by atoms with E-state index in [1.54, 1.807) is 0 Å². The van der Waals surface area contributed by atoms with Crippen LogP contribution in [0.3, 0.4) is 0 Å². The molecule has 0 saturated heterocycles. The highest BCUT2D eigenvalue weighted by Gasteiger charge is 2.07. The summed E-state index contributed by atoms with van der Waals surface area (Å²) < 4.78 is 2.21. The molecule has 0 unspecified atom stereocenters. The molecule has 2 nitrogen and oxygen atoms in total. The minimum atomic E-state index is 0.255. The van der Waals surface area contributed by atoms with Gasteiger partial charge in [-0.05, 0) is 58.7 Å². The third-order valence-electron chi connectivity index (χ3n) is 2.57. The van der Waals surface area contributed by atoms with E-state index in [1.165, 1.54) is 25.0 Å². The van der Waals surface area contributed by atoms with Crippen LogP contribution in [0.2, 0.25) is 0 Å². The Bertz CT molecular complexity index is 281. The van der Waals surface area contributed by atoms with Gasteiger partial charge in [0.25, 0.3) is 0 Å². The Balaban J connectivity index is 2.10. The molecule has 1 aromatic heterocycles. The maximum Gasteiger partial charge on any atom is 0.0171 e. The number of aromatic nitrogens is 1. The molecule has 0 radical (unpaired) electrons. The van der Waals surface area contributed by atoms with Crippen molar-refractivity contribution < 1.29 is 0 Å². The number of nitrogens with zero attached hydrogens (tertiary/aromatic N) is 1. The topological polar surface area (TPSA) is 17.0 Å². The normalized spacial score (nSPS) is 12.0. The lowest BCUT2D eigenvalue weighted by molar-refractivity contribution is 0.418. The second-order valence-electron chi connectivity index (χ2n) is 5.24. The third kappa shape index (κ3) is 5.03. The molecule has 0 bridgehead atoms. The van der Waals surface area contributed by atoms with Gasteiger partial charge in [0.15, 0.2) is 0 Å². The Morgan fingerprint density at radius 2 is 2.00 bits per heavy atom. The first kappa shape index (κ1) is 12.3. The van der Waals surface area contributed by atoms with Gasteiger partial charge in [0.2, 0.25) is 0 Å². The molecule has 0 fully saturated rings. The first-order valence-electron chi connectivity index (χ1n) is 5.84. The zero-order chi connectivity index (χ0) is 11.3. The number of hydrogen-bond donors (Lipinski definition) is 1. The number of nitrogens with one attached hydrogen (secondary N) is 1. The lowest BCUT2D eigenvalue weighted by Gasteiger charge is -2.20. The van der Waals surface area contributed by atoms with E-state index >= 15 is 0 Å². The van der Waals surface area contributed by atoms with Crippen LogP contribution in [0.4, 0.5) is 0 Å². The van der Waals surface area contributed by atoms with Gasteiger partial charge in [-0.2, -0.15) is 0 Å². The van der Waals surface area contributed by atoms with Crippen LogP contribution in [0, 0.1) is 0 Å². The quantitative estimate of drug-likeness (QED) is 0.736. The van der Waals surface area contributed by atoms with Crippen molar-refractivity contribution in [3.63, 3.8) is 0 Å².